The Morgan fingerprint density at radius 3 is 2.81 bits per heavy atom. The van der Waals surface area contributed by atoms with Gasteiger partial charge in [-0.15, -0.1) is 0 Å². The maximum Gasteiger partial charge on any atom is 0.164 e. The molecule has 0 aromatic heterocycles. The van der Waals surface area contributed by atoms with Crippen molar-refractivity contribution in [2.24, 2.45) is 4.99 Å². The number of benzene rings is 2. The second-order valence-corrected chi connectivity index (χ2v) is 9.71. The number of halogens is 1. The summed E-state index contributed by atoms with van der Waals surface area (Å²) in [5, 5.41) is 0.761. The molecule has 4 rings (SSSR count). The first kappa shape index (κ1) is 18.3. The van der Waals surface area contributed by atoms with Crippen molar-refractivity contribution in [3.8, 4) is 5.75 Å². The Balaban J connectivity index is 1.63. The Labute approximate surface area is 162 Å². The third kappa shape index (κ3) is 3.82. The molecule has 142 valence electrons. The van der Waals surface area contributed by atoms with Gasteiger partial charge in [0.05, 0.1) is 30.7 Å². The van der Waals surface area contributed by atoms with Crippen molar-refractivity contribution >= 4 is 32.5 Å². The predicted molar refractivity (Wildman–Crippen MR) is 107 cm³/mol. The van der Waals surface area contributed by atoms with E-state index in [-0.39, 0.29) is 29.4 Å². The highest BCUT2D eigenvalue weighted by Gasteiger charge is 2.47. The van der Waals surface area contributed by atoms with Crippen molar-refractivity contribution in [1.29, 1.82) is 0 Å². The highest BCUT2D eigenvalue weighted by molar-refractivity contribution is 8.13. The molecule has 0 bridgehead atoms. The summed E-state index contributed by atoms with van der Waals surface area (Å²) in [5.41, 5.74) is 1.71. The number of ether oxygens (including phenoxy) is 1. The van der Waals surface area contributed by atoms with E-state index in [4.69, 9.17) is 4.74 Å². The largest absolute Gasteiger partial charge is 0.497 e. The van der Waals surface area contributed by atoms with Gasteiger partial charge in [-0.05, 0) is 29.8 Å². The normalized spacial score (nSPS) is 23.2. The molecular weight excluding hydrogens is 387 g/mol. The van der Waals surface area contributed by atoms with Crippen molar-refractivity contribution in [2.45, 2.75) is 17.8 Å². The minimum Gasteiger partial charge on any atom is -0.497 e. The van der Waals surface area contributed by atoms with Crippen molar-refractivity contribution in [3.05, 3.63) is 59.9 Å². The molecule has 2 aliphatic rings. The van der Waals surface area contributed by atoms with Crippen LogP contribution in [-0.2, 0) is 15.6 Å². The molecule has 8 heteroatoms. The van der Waals surface area contributed by atoms with Gasteiger partial charge in [0.15, 0.2) is 15.0 Å². The molecule has 2 aromatic carbocycles. The van der Waals surface area contributed by atoms with Crippen LogP contribution in [0.1, 0.15) is 5.56 Å². The van der Waals surface area contributed by atoms with E-state index in [9.17, 15) is 12.8 Å². The number of fused-ring (bicyclic) bond motifs is 1. The van der Waals surface area contributed by atoms with Crippen molar-refractivity contribution in [3.63, 3.8) is 0 Å². The van der Waals surface area contributed by atoms with E-state index in [0.29, 0.717) is 11.5 Å². The van der Waals surface area contributed by atoms with Crippen LogP contribution in [0.2, 0.25) is 0 Å². The first-order valence-electron chi connectivity index (χ1n) is 8.54. The number of aliphatic imine (C=N–C) groups is 1. The SMILES string of the molecule is COc1cccc(N2C(SCc3cccc(F)c3)=N[C@@H]3CS(=O)(=O)C[C@@H]32)c1. The molecule has 0 aliphatic carbocycles. The van der Waals surface area contributed by atoms with Crippen LogP contribution < -0.4 is 9.64 Å². The Morgan fingerprint density at radius 2 is 2.04 bits per heavy atom. The second-order valence-electron chi connectivity index (χ2n) is 6.61. The summed E-state index contributed by atoms with van der Waals surface area (Å²) >= 11 is 1.49. The fourth-order valence-corrected chi connectivity index (χ4v) is 6.38. The molecule has 0 spiro atoms. The molecule has 2 aliphatic heterocycles. The molecule has 0 N–H and O–H groups in total. The smallest absolute Gasteiger partial charge is 0.164 e. The molecule has 0 saturated carbocycles. The molecule has 1 fully saturated rings. The lowest BCUT2D eigenvalue weighted by molar-refractivity contribution is 0.415. The van der Waals surface area contributed by atoms with Crippen LogP contribution in [0.25, 0.3) is 0 Å². The van der Waals surface area contributed by atoms with Crippen molar-refractivity contribution in [1.82, 2.24) is 0 Å². The van der Waals surface area contributed by atoms with Crippen LogP contribution in [0.4, 0.5) is 10.1 Å². The molecule has 27 heavy (non-hydrogen) atoms. The topological polar surface area (TPSA) is 59.0 Å². The molecule has 0 unspecified atom stereocenters. The van der Waals surface area contributed by atoms with Crippen LogP contribution >= 0.6 is 11.8 Å². The van der Waals surface area contributed by atoms with Crippen LogP contribution in [0.15, 0.2) is 53.5 Å². The van der Waals surface area contributed by atoms with Crippen LogP contribution in [-0.4, -0.2) is 44.3 Å². The lowest BCUT2D eigenvalue weighted by Gasteiger charge is -2.26. The molecule has 0 radical (unpaired) electrons. The lowest BCUT2D eigenvalue weighted by Crippen LogP contribution is -2.39. The van der Waals surface area contributed by atoms with Crippen LogP contribution in [0.3, 0.4) is 0 Å². The highest BCUT2D eigenvalue weighted by atomic mass is 32.2. The first-order valence-corrected chi connectivity index (χ1v) is 11.3. The molecular formula is C19H19FN2O3S2. The Kier molecular flexibility index (Phi) is 4.86. The van der Waals surface area contributed by atoms with E-state index in [0.717, 1.165) is 16.4 Å². The fourth-order valence-electron chi connectivity index (χ4n) is 3.47. The number of anilines is 1. The number of nitrogens with zero attached hydrogens (tertiary/aromatic N) is 2. The molecule has 1 saturated heterocycles. The van der Waals surface area contributed by atoms with E-state index >= 15 is 0 Å². The summed E-state index contributed by atoms with van der Waals surface area (Å²) in [7, 11) is -1.50. The van der Waals surface area contributed by atoms with Crippen molar-refractivity contribution in [2.75, 3.05) is 23.5 Å². The molecule has 5 nitrogen and oxygen atoms in total. The number of thioether (sulfide) groups is 1. The number of hydrogen-bond donors (Lipinski definition) is 0. The Bertz CT molecular complexity index is 994. The van der Waals surface area contributed by atoms with Gasteiger partial charge >= 0.3 is 0 Å². The Morgan fingerprint density at radius 1 is 1.22 bits per heavy atom. The zero-order valence-corrected chi connectivity index (χ0v) is 16.3. The molecule has 2 atom stereocenters. The molecule has 2 heterocycles. The highest BCUT2D eigenvalue weighted by Crippen LogP contribution is 2.37. The summed E-state index contributed by atoms with van der Waals surface area (Å²) < 4.78 is 42.9. The monoisotopic (exact) mass is 406 g/mol. The standard InChI is InChI=1S/C19H19FN2O3S2/c1-25-16-7-3-6-15(9-16)22-18-12-27(23,24)11-17(18)21-19(22)26-10-13-4-2-5-14(20)8-13/h2-9,17-18H,10-12H2,1H3/t17-,18+/m1/s1. The van der Waals surface area contributed by atoms with E-state index in [1.807, 2.05) is 35.2 Å². The quantitative estimate of drug-likeness (QED) is 0.781. The summed E-state index contributed by atoms with van der Waals surface area (Å²) in [5.74, 6) is 1.15. The number of rotatable bonds is 4. The number of hydrogen-bond acceptors (Lipinski definition) is 6. The van der Waals surface area contributed by atoms with Gasteiger partial charge < -0.3 is 9.64 Å². The van der Waals surface area contributed by atoms with Gasteiger partial charge in [-0.1, -0.05) is 30.0 Å². The molecule has 2 aromatic rings. The zero-order valence-electron chi connectivity index (χ0n) is 14.7. The summed E-state index contributed by atoms with van der Waals surface area (Å²) in [6, 6.07) is 13.5. The summed E-state index contributed by atoms with van der Waals surface area (Å²) in [4.78, 5) is 6.68. The minimum atomic E-state index is -3.10. The average Bonchev–Trinajstić information content (AvgIpc) is 3.11. The summed E-state index contributed by atoms with van der Waals surface area (Å²) in [6.07, 6.45) is 0. The van der Waals surface area contributed by atoms with E-state index in [1.165, 1.54) is 23.9 Å². The van der Waals surface area contributed by atoms with Gasteiger partial charge in [0.25, 0.3) is 0 Å². The van der Waals surface area contributed by atoms with Gasteiger partial charge in [-0.2, -0.15) is 0 Å². The molecule has 0 amide bonds. The van der Waals surface area contributed by atoms with Crippen molar-refractivity contribution < 1.29 is 17.5 Å². The third-order valence-corrected chi connectivity index (χ3v) is 7.43. The fraction of sp³-hybridized carbons (Fsp3) is 0.316. The number of sulfone groups is 1. The predicted octanol–water partition coefficient (Wildman–Crippen LogP) is 3.11. The van der Waals surface area contributed by atoms with Gasteiger partial charge in [-0.25, -0.2) is 12.8 Å². The van der Waals surface area contributed by atoms with Gasteiger partial charge in [0.1, 0.15) is 11.6 Å². The average molecular weight is 407 g/mol. The number of methoxy groups -OCH3 is 1. The number of amidine groups is 1. The first-order chi connectivity index (χ1) is 12.9. The Hall–Kier alpha value is -2.06. The van der Waals surface area contributed by atoms with Gasteiger partial charge in [-0.3, -0.25) is 4.99 Å². The van der Waals surface area contributed by atoms with Gasteiger partial charge in [0, 0.05) is 17.5 Å². The minimum absolute atomic E-state index is 0.0716. The van der Waals surface area contributed by atoms with Crippen LogP contribution in [0.5, 0.6) is 5.75 Å². The maximum atomic E-state index is 13.4. The van der Waals surface area contributed by atoms with Gasteiger partial charge in [0.2, 0.25) is 0 Å². The van der Waals surface area contributed by atoms with Crippen LogP contribution in [0, 0.1) is 5.82 Å². The van der Waals surface area contributed by atoms with E-state index in [2.05, 4.69) is 4.99 Å². The third-order valence-electron chi connectivity index (χ3n) is 4.70. The second kappa shape index (κ2) is 7.16. The zero-order chi connectivity index (χ0) is 19.0. The van der Waals surface area contributed by atoms with E-state index < -0.39 is 9.84 Å². The maximum absolute atomic E-state index is 13.4. The van der Waals surface area contributed by atoms with E-state index in [1.54, 1.807) is 13.2 Å². The lowest BCUT2D eigenvalue weighted by atomic mass is 10.1. The summed E-state index contributed by atoms with van der Waals surface area (Å²) in [6.45, 7) is 0.